The SMILES string of the molecule is CCSC1CCCC1NCc1cc(Cl)cc2c1OCC2. The van der Waals surface area contributed by atoms with Crippen molar-refractivity contribution in [1.82, 2.24) is 5.32 Å². The first-order valence-electron chi connectivity index (χ1n) is 7.57. The summed E-state index contributed by atoms with van der Waals surface area (Å²) in [5.41, 5.74) is 2.48. The lowest BCUT2D eigenvalue weighted by atomic mass is 10.1. The van der Waals surface area contributed by atoms with E-state index in [9.17, 15) is 0 Å². The minimum Gasteiger partial charge on any atom is -0.493 e. The number of benzene rings is 1. The molecule has 1 aliphatic carbocycles. The normalized spacial score (nSPS) is 24.7. The van der Waals surface area contributed by atoms with Crippen LogP contribution in [0.1, 0.15) is 37.3 Å². The van der Waals surface area contributed by atoms with Crippen molar-refractivity contribution in [2.45, 2.75) is 50.4 Å². The monoisotopic (exact) mass is 311 g/mol. The Balaban J connectivity index is 1.67. The van der Waals surface area contributed by atoms with Gasteiger partial charge in [0, 0.05) is 34.8 Å². The van der Waals surface area contributed by atoms with Crippen molar-refractivity contribution in [1.29, 1.82) is 0 Å². The largest absolute Gasteiger partial charge is 0.493 e. The smallest absolute Gasteiger partial charge is 0.127 e. The van der Waals surface area contributed by atoms with Crippen LogP contribution in [-0.4, -0.2) is 23.7 Å². The van der Waals surface area contributed by atoms with Gasteiger partial charge in [0.05, 0.1) is 6.61 Å². The zero-order valence-electron chi connectivity index (χ0n) is 12.0. The number of fused-ring (bicyclic) bond motifs is 1. The van der Waals surface area contributed by atoms with Gasteiger partial charge in [-0.15, -0.1) is 0 Å². The summed E-state index contributed by atoms with van der Waals surface area (Å²) >= 11 is 8.31. The maximum atomic E-state index is 6.21. The fourth-order valence-corrected chi connectivity index (χ4v) is 4.78. The van der Waals surface area contributed by atoms with Crippen LogP contribution in [0.4, 0.5) is 0 Å². The summed E-state index contributed by atoms with van der Waals surface area (Å²) in [6, 6.07) is 4.73. The molecule has 1 aliphatic heterocycles. The van der Waals surface area contributed by atoms with E-state index in [1.807, 2.05) is 6.07 Å². The lowest BCUT2D eigenvalue weighted by Gasteiger charge is -2.21. The van der Waals surface area contributed by atoms with Crippen molar-refractivity contribution in [2.24, 2.45) is 0 Å². The van der Waals surface area contributed by atoms with E-state index >= 15 is 0 Å². The molecule has 3 rings (SSSR count). The molecule has 2 atom stereocenters. The molecule has 2 aliphatic rings. The summed E-state index contributed by atoms with van der Waals surface area (Å²) in [6.07, 6.45) is 4.97. The second kappa shape index (κ2) is 6.59. The Morgan fingerprint density at radius 2 is 2.30 bits per heavy atom. The Morgan fingerprint density at radius 3 is 3.15 bits per heavy atom. The van der Waals surface area contributed by atoms with Crippen LogP contribution >= 0.6 is 23.4 Å². The van der Waals surface area contributed by atoms with Crippen molar-refractivity contribution >= 4 is 23.4 Å². The van der Waals surface area contributed by atoms with E-state index in [2.05, 4.69) is 30.1 Å². The summed E-state index contributed by atoms with van der Waals surface area (Å²) in [5, 5.41) is 5.33. The zero-order valence-corrected chi connectivity index (χ0v) is 13.5. The molecule has 0 radical (unpaired) electrons. The van der Waals surface area contributed by atoms with Gasteiger partial charge < -0.3 is 10.1 Å². The lowest BCUT2D eigenvalue weighted by Crippen LogP contribution is -2.33. The number of thioether (sulfide) groups is 1. The number of hydrogen-bond donors (Lipinski definition) is 1. The van der Waals surface area contributed by atoms with Crippen LogP contribution in [0.2, 0.25) is 5.02 Å². The van der Waals surface area contributed by atoms with Crippen molar-refractivity contribution < 1.29 is 4.74 Å². The van der Waals surface area contributed by atoms with Gasteiger partial charge in [-0.2, -0.15) is 11.8 Å². The number of rotatable bonds is 5. The van der Waals surface area contributed by atoms with E-state index in [0.717, 1.165) is 35.6 Å². The Labute approximate surface area is 130 Å². The number of ether oxygens (including phenoxy) is 1. The highest BCUT2D eigenvalue weighted by atomic mass is 35.5. The van der Waals surface area contributed by atoms with E-state index in [1.54, 1.807) is 0 Å². The summed E-state index contributed by atoms with van der Waals surface area (Å²) in [5.74, 6) is 2.28. The van der Waals surface area contributed by atoms with Gasteiger partial charge in [0.2, 0.25) is 0 Å². The maximum Gasteiger partial charge on any atom is 0.127 e. The molecule has 0 bridgehead atoms. The second-order valence-corrected chi connectivity index (χ2v) is 7.52. The first-order chi connectivity index (χ1) is 9.78. The van der Waals surface area contributed by atoms with Crippen LogP contribution in [0.3, 0.4) is 0 Å². The molecule has 0 amide bonds. The quantitative estimate of drug-likeness (QED) is 0.887. The lowest BCUT2D eigenvalue weighted by molar-refractivity contribution is 0.351. The standard InChI is InChI=1S/C16H22ClNOS/c1-2-20-15-5-3-4-14(15)18-10-12-9-13(17)8-11-6-7-19-16(11)12/h8-9,14-15,18H,2-7,10H2,1H3. The summed E-state index contributed by atoms with van der Waals surface area (Å²) in [7, 11) is 0. The van der Waals surface area contributed by atoms with Gasteiger partial charge >= 0.3 is 0 Å². The molecule has 0 saturated heterocycles. The Hall–Kier alpha value is -0.380. The van der Waals surface area contributed by atoms with E-state index in [4.69, 9.17) is 16.3 Å². The molecule has 2 unspecified atom stereocenters. The maximum absolute atomic E-state index is 6.21. The molecule has 4 heteroatoms. The average molecular weight is 312 g/mol. The highest BCUT2D eigenvalue weighted by Gasteiger charge is 2.27. The summed E-state index contributed by atoms with van der Waals surface area (Å²) in [6.45, 7) is 3.91. The van der Waals surface area contributed by atoms with Gasteiger partial charge in [0.15, 0.2) is 0 Å². The molecule has 1 heterocycles. The Bertz CT molecular complexity index is 480. The highest BCUT2D eigenvalue weighted by molar-refractivity contribution is 7.99. The molecule has 110 valence electrons. The molecule has 20 heavy (non-hydrogen) atoms. The van der Waals surface area contributed by atoms with Crippen LogP contribution in [0.5, 0.6) is 5.75 Å². The third-order valence-electron chi connectivity index (χ3n) is 4.21. The number of hydrogen-bond acceptors (Lipinski definition) is 3. The molecule has 1 saturated carbocycles. The fourth-order valence-electron chi connectivity index (χ4n) is 3.29. The minimum atomic E-state index is 0.635. The second-order valence-electron chi connectivity index (χ2n) is 5.56. The molecule has 1 aromatic carbocycles. The minimum absolute atomic E-state index is 0.635. The van der Waals surface area contributed by atoms with E-state index in [0.29, 0.717) is 6.04 Å². The molecule has 0 spiro atoms. The fraction of sp³-hybridized carbons (Fsp3) is 0.625. The van der Waals surface area contributed by atoms with Crippen LogP contribution in [0, 0.1) is 0 Å². The molecule has 2 nitrogen and oxygen atoms in total. The summed E-state index contributed by atoms with van der Waals surface area (Å²) in [4.78, 5) is 0. The molecular weight excluding hydrogens is 290 g/mol. The molecule has 1 fully saturated rings. The van der Waals surface area contributed by atoms with Gasteiger partial charge in [0.1, 0.15) is 5.75 Å². The van der Waals surface area contributed by atoms with Crippen molar-refractivity contribution in [3.05, 3.63) is 28.3 Å². The summed E-state index contributed by atoms with van der Waals surface area (Å²) < 4.78 is 5.77. The first-order valence-corrected chi connectivity index (χ1v) is 8.99. The van der Waals surface area contributed by atoms with E-state index in [-0.39, 0.29) is 0 Å². The third-order valence-corrected chi connectivity index (χ3v) is 5.76. The topological polar surface area (TPSA) is 21.3 Å². The number of nitrogens with one attached hydrogen (secondary N) is 1. The van der Waals surface area contributed by atoms with Crippen molar-refractivity contribution in [3.63, 3.8) is 0 Å². The van der Waals surface area contributed by atoms with Crippen molar-refractivity contribution in [2.75, 3.05) is 12.4 Å². The van der Waals surface area contributed by atoms with Gasteiger partial charge in [-0.1, -0.05) is 24.9 Å². The van der Waals surface area contributed by atoms with E-state index in [1.165, 1.54) is 36.1 Å². The molecule has 1 N–H and O–H groups in total. The highest BCUT2D eigenvalue weighted by Crippen LogP contribution is 2.34. The Kier molecular flexibility index (Phi) is 4.79. The molecule has 0 aromatic heterocycles. The molecule has 1 aromatic rings. The zero-order chi connectivity index (χ0) is 13.9. The van der Waals surface area contributed by atoms with Crippen molar-refractivity contribution in [3.8, 4) is 5.75 Å². The Morgan fingerprint density at radius 1 is 1.40 bits per heavy atom. The number of halogens is 1. The third kappa shape index (κ3) is 3.10. The van der Waals surface area contributed by atoms with Crippen LogP contribution in [0.25, 0.3) is 0 Å². The van der Waals surface area contributed by atoms with E-state index < -0.39 is 0 Å². The van der Waals surface area contributed by atoms with Gasteiger partial charge in [-0.25, -0.2) is 0 Å². The van der Waals surface area contributed by atoms with Crippen LogP contribution in [-0.2, 0) is 13.0 Å². The van der Waals surface area contributed by atoms with Crippen LogP contribution < -0.4 is 10.1 Å². The predicted octanol–water partition coefficient (Wildman–Crippen LogP) is 4.04. The van der Waals surface area contributed by atoms with Crippen LogP contribution in [0.15, 0.2) is 12.1 Å². The average Bonchev–Trinajstić information content (AvgIpc) is 3.05. The van der Waals surface area contributed by atoms with Gasteiger partial charge in [-0.05, 0) is 36.3 Å². The van der Waals surface area contributed by atoms with Gasteiger partial charge in [0.25, 0.3) is 0 Å². The first kappa shape index (κ1) is 14.6. The van der Waals surface area contributed by atoms with Gasteiger partial charge in [-0.3, -0.25) is 0 Å². The molecular formula is C16H22ClNOS. The predicted molar refractivity (Wildman–Crippen MR) is 87.0 cm³/mol.